The van der Waals surface area contributed by atoms with Gasteiger partial charge in [0.2, 0.25) is 0 Å². The number of benzene rings is 1. The largest absolute Gasteiger partial charge is 0.481 e. The molecular formula is C20H19N3O5. The summed E-state index contributed by atoms with van der Waals surface area (Å²) in [6.45, 7) is 1.12. The van der Waals surface area contributed by atoms with E-state index in [1.165, 1.54) is 12.1 Å². The topological polar surface area (TPSA) is 106 Å². The second-order valence-corrected chi connectivity index (χ2v) is 7.95. The number of aromatic nitrogens is 1. The Balaban J connectivity index is 1.64. The molecule has 3 aliphatic rings. The highest BCUT2D eigenvalue weighted by atomic mass is 16.6. The monoisotopic (exact) mass is 381 g/mol. The first kappa shape index (κ1) is 17.0. The van der Waals surface area contributed by atoms with E-state index < -0.39 is 16.8 Å². The van der Waals surface area contributed by atoms with Gasteiger partial charge in [-0.05, 0) is 36.5 Å². The first-order chi connectivity index (χ1) is 13.4. The number of anilines is 1. The third kappa shape index (κ3) is 2.37. The van der Waals surface area contributed by atoms with E-state index in [-0.39, 0.29) is 35.5 Å². The molecule has 0 aliphatic carbocycles. The summed E-state index contributed by atoms with van der Waals surface area (Å²) in [5.41, 5.74) is 2.52. The number of pyridine rings is 1. The summed E-state index contributed by atoms with van der Waals surface area (Å²) in [6, 6.07) is 9.81. The SMILES string of the molecule is O=C(O)[C@@H]1Cc2cc([N+](=O)[O-])ccc2N2C[C@@H]3C[C@H](Cn4c3cccc4=O)[C@@H]12. The van der Waals surface area contributed by atoms with Gasteiger partial charge < -0.3 is 14.6 Å². The van der Waals surface area contributed by atoms with Crippen molar-refractivity contribution < 1.29 is 14.8 Å². The highest BCUT2D eigenvalue weighted by Gasteiger charge is 2.49. The van der Waals surface area contributed by atoms with Crippen LogP contribution in [0.1, 0.15) is 23.6 Å². The molecule has 2 aromatic rings. The fourth-order valence-electron chi connectivity index (χ4n) is 5.44. The first-order valence-electron chi connectivity index (χ1n) is 9.40. The second kappa shape index (κ2) is 5.92. The van der Waals surface area contributed by atoms with E-state index in [1.807, 2.05) is 6.07 Å². The molecule has 1 aromatic heterocycles. The molecular weight excluding hydrogens is 362 g/mol. The number of carboxylic acids is 1. The van der Waals surface area contributed by atoms with Gasteiger partial charge in [0.05, 0.1) is 10.8 Å². The number of non-ortho nitro benzene ring substituents is 1. The molecule has 1 fully saturated rings. The molecule has 0 radical (unpaired) electrons. The summed E-state index contributed by atoms with van der Waals surface area (Å²) >= 11 is 0. The molecule has 4 heterocycles. The van der Waals surface area contributed by atoms with Crippen LogP contribution in [0, 0.1) is 22.0 Å². The van der Waals surface area contributed by atoms with Crippen LogP contribution in [0.15, 0.2) is 41.2 Å². The molecule has 0 amide bonds. The van der Waals surface area contributed by atoms with Gasteiger partial charge in [0.25, 0.3) is 11.2 Å². The summed E-state index contributed by atoms with van der Waals surface area (Å²) in [6.07, 6.45) is 1.13. The lowest BCUT2D eigenvalue weighted by Crippen LogP contribution is -2.60. The number of hydrogen-bond donors (Lipinski definition) is 1. The molecule has 0 saturated carbocycles. The van der Waals surface area contributed by atoms with Crippen molar-refractivity contribution in [3.63, 3.8) is 0 Å². The fraction of sp³-hybridized carbons (Fsp3) is 0.400. The van der Waals surface area contributed by atoms with Gasteiger partial charge in [-0.2, -0.15) is 0 Å². The Morgan fingerprint density at radius 1 is 1.21 bits per heavy atom. The summed E-state index contributed by atoms with van der Waals surface area (Å²) in [4.78, 5) is 37.3. The van der Waals surface area contributed by atoms with Crippen LogP contribution < -0.4 is 10.5 Å². The molecule has 28 heavy (non-hydrogen) atoms. The molecule has 0 spiro atoms. The molecule has 1 saturated heterocycles. The van der Waals surface area contributed by atoms with E-state index >= 15 is 0 Å². The normalized spacial score (nSPS) is 27.4. The van der Waals surface area contributed by atoms with Crippen LogP contribution in [0.2, 0.25) is 0 Å². The summed E-state index contributed by atoms with van der Waals surface area (Å²) in [5.74, 6) is -1.35. The molecule has 5 rings (SSSR count). The Bertz CT molecular complexity index is 1060. The van der Waals surface area contributed by atoms with E-state index in [1.54, 1.807) is 22.8 Å². The number of carboxylic acid groups (broad SMARTS) is 1. The van der Waals surface area contributed by atoms with Crippen molar-refractivity contribution >= 4 is 17.3 Å². The third-order valence-electron chi connectivity index (χ3n) is 6.52. The van der Waals surface area contributed by atoms with Crippen molar-refractivity contribution in [1.29, 1.82) is 0 Å². The van der Waals surface area contributed by atoms with E-state index in [9.17, 15) is 24.8 Å². The minimum atomic E-state index is -0.892. The van der Waals surface area contributed by atoms with Crippen LogP contribution in [-0.2, 0) is 17.8 Å². The maximum absolute atomic E-state index is 12.3. The van der Waals surface area contributed by atoms with Crippen LogP contribution in [-0.4, -0.2) is 33.2 Å². The van der Waals surface area contributed by atoms with Gasteiger partial charge in [-0.1, -0.05) is 6.07 Å². The number of carbonyl (C=O) groups is 1. The van der Waals surface area contributed by atoms with Crippen LogP contribution in [0.25, 0.3) is 0 Å². The fourth-order valence-corrected chi connectivity index (χ4v) is 5.44. The van der Waals surface area contributed by atoms with E-state index in [4.69, 9.17) is 0 Å². The number of rotatable bonds is 2. The smallest absolute Gasteiger partial charge is 0.308 e. The van der Waals surface area contributed by atoms with Crippen LogP contribution >= 0.6 is 0 Å². The van der Waals surface area contributed by atoms with E-state index in [0.29, 0.717) is 18.7 Å². The van der Waals surface area contributed by atoms with E-state index in [0.717, 1.165) is 17.8 Å². The van der Waals surface area contributed by atoms with Crippen LogP contribution in [0.4, 0.5) is 11.4 Å². The van der Waals surface area contributed by atoms with Gasteiger partial charge in [-0.3, -0.25) is 19.7 Å². The quantitative estimate of drug-likeness (QED) is 0.630. The zero-order valence-corrected chi connectivity index (χ0v) is 15.0. The Morgan fingerprint density at radius 2 is 2.04 bits per heavy atom. The molecule has 3 aliphatic heterocycles. The predicted octanol–water partition coefficient (Wildman–Crippen LogP) is 2.01. The van der Waals surface area contributed by atoms with Gasteiger partial charge in [0, 0.05) is 54.6 Å². The number of fused-ring (bicyclic) bond motifs is 8. The van der Waals surface area contributed by atoms with Crippen molar-refractivity contribution in [3.8, 4) is 0 Å². The van der Waals surface area contributed by atoms with Gasteiger partial charge in [-0.15, -0.1) is 0 Å². The number of piperidine rings is 1. The van der Waals surface area contributed by atoms with Crippen molar-refractivity contribution in [3.05, 3.63) is 68.1 Å². The molecule has 8 heteroatoms. The highest BCUT2D eigenvalue weighted by molar-refractivity contribution is 5.76. The maximum Gasteiger partial charge on any atom is 0.308 e. The average molecular weight is 381 g/mol. The second-order valence-electron chi connectivity index (χ2n) is 7.95. The number of nitro benzene ring substituents is 1. The summed E-state index contributed by atoms with van der Waals surface area (Å²) < 4.78 is 1.79. The highest BCUT2D eigenvalue weighted by Crippen LogP contribution is 2.47. The summed E-state index contributed by atoms with van der Waals surface area (Å²) in [5, 5.41) is 21.1. The molecule has 2 bridgehead atoms. The Labute approximate surface area is 160 Å². The molecule has 4 atom stereocenters. The Hall–Kier alpha value is -3.16. The number of aliphatic carboxylic acids is 1. The van der Waals surface area contributed by atoms with Gasteiger partial charge in [0.15, 0.2) is 0 Å². The Morgan fingerprint density at radius 3 is 2.79 bits per heavy atom. The minimum Gasteiger partial charge on any atom is -0.481 e. The number of nitrogens with zero attached hydrogens (tertiary/aromatic N) is 3. The van der Waals surface area contributed by atoms with Crippen LogP contribution in [0.3, 0.4) is 0 Å². The van der Waals surface area contributed by atoms with Gasteiger partial charge in [-0.25, -0.2) is 0 Å². The van der Waals surface area contributed by atoms with Crippen molar-refractivity contribution in [2.24, 2.45) is 11.8 Å². The standard InChI is InChI=1S/C20H19N3O5/c24-18-3-1-2-16-12-6-13(10-21(16)18)19-15(20(25)26)8-11-7-14(23(27)28)4-5-17(11)22(19)9-12/h1-5,7,12-13,15,19H,6,8-10H2,(H,25,26)/t12-,13+,15+,19-/m0/s1. The van der Waals surface area contributed by atoms with Gasteiger partial charge in [0.1, 0.15) is 0 Å². The molecule has 144 valence electrons. The average Bonchev–Trinajstić information content (AvgIpc) is 2.67. The predicted molar refractivity (Wildman–Crippen MR) is 101 cm³/mol. The zero-order chi connectivity index (χ0) is 19.6. The minimum absolute atomic E-state index is 0.0181. The zero-order valence-electron chi connectivity index (χ0n) is 15.0. The Kier molecular flexibility index (Phi) is 3.59. The molecule has 0 unspecified atom stereocenters. The van der Waals surface area contributed by atoms with Crippen LogP contribution in [0.5, 0.6) is 0 Å². The number of hydrogen-bond acceptors (Lipinski definition) is 5. The lowest BCUT2D eigenvalue weighted by atomic mass is 9.70. The lowest BCUT2D eigenvalue weighted by molar-refractivity contribution is -0.384. The summed E-state index contributed by atoms with van der Waals surface area (Å²) in [7, 11) is 0. The van der Waals surface area contributed by atoms with E-state index in [2.05, 4.69) is 4.90 Å². The van der Waals surface area contributed by atoms with Gasteiger partial charge >= 0.3 is 5.97 Å². The molecule has 1 aromatic carbocycles. The first-order valence-corrected chi connectivity index (χ1v) is 9.40. The van der Waals surface area contributed by atoms with Crippen molar-refractivity contribution in [2.75, 3.05) is 11.4 Å². The number of nitro groups is 1. The van der Waals surface area contributed by atoms with Crippen molar-refractivity contribution in [2.45, 2.75) is 31.3 Å². The third-order valence-corrected chi connectivity index (χ3v) is 6.52. The lowest BCUT2D eigenvalue weighted by Gasteiger charge is -2.53. The molecule has 8 nitrogen and oxygen atoms in total. The molecule has 1 N–H and O–H groups in total. The maximum atomic E-state index is 12.3. The van der Waals surface area contributed by atoms with Crippen molar-refractivity contribution in [1.82, 2.24) is 4.57 Å².